The molecular weight excluding hydrogens is 620 g/mol. The lowest BCUT2D eigenvalue weighted by molar-refractivity contribution is -0.143. The van der Waals surface area contributed by atoms with Crippen LogP contribution in [-0.4, -0.2) is 116 Å². The van der Waals surface area contributed by atoms with Gasteiger partial charge in [-0.3, -0.25) is 14.4 Å². The van der Waals surface area contributed by atoms with Crippen LogP contribution in [0.3, 0.4) is 0 Å². The quantitative estimate of drug-likeness (QED) is 0.201. The SMILES string of the molecule is CCCN(CCC)C(=O)C1CC(C(=O)NC(CC2CC(F)CC(F)C2)C(O)CN(CC)NS(=O)(=O)C(C)C)CC(C(=O)N(C)C)C1. The Morgan fingerprint density at radius 1 is 0.848 bits per heavy atom. The monoisotopic (exact) mass is 679 g/mol. The van der Waals surface area contributed by atoms with Crippen LogP contribution < -0.4 is 10.1 Å². The molecule has 0 radical (unpaired) electrons. The van der Waals surface area contributed by atoms with Crippen molar-refractivity contribution in [1.29, 1.82) is 0 Å². The van der Waals surface area contributed by atoms with Crippen LogP contribution in [0, 0.1) is 23.7 Å². The van der Waals surface area contributed by atoms with Gasteiger partial charge in [-0.15, -0.1) is 4.83 Å². The van der Waals surface area contributed by atoms with Crippen LogP contribution in [0.4, 0.5) is 8.78 Å². The van der Waals surface area contributed by atoms with Gasteiger partial charge in [0.2, 0.25) is 27.7 Å². The largest absolute Gasteiger partial charge is 0.390 e. The van der Waals surface area contributed by atoms with Crippen molar-refractivity contribution in [2.45, 2.75) is 122 Å². The molecule has 46 heavy (non-hydrogen) atoms. The summed E-state index contributed by atoms with van der Waals surface area (Å²) in [5.41, 5.74) is 0. The minimum absolute atomic E-state index is 0.0736. The number of sulfonamides is 1. The Morgan fingerprint density at radius 2 is 1.37 bits per heavy atom. The summed E-state index contributed by atoms with van der Waals surface area (Å²) in [6.45, 7) is 9.98. The fourth-order valence-corrected chi connectivity index (χ4v) is 7.53. The number of likely N-dealkylation sites (N-methyl/N-ethyl adjacent to an activating group) is 1. The van der Waals surface area contributed by atoms with Gasteiger partial charge in [0.25, 0.3) is 0 Å². The van der Waals surface area contributed by atoms with Crippen molar-refractivity contribution in [3.05, 3.63) is 0 Å². The molecule has 0 aromatic heterocycles. The van der Waals surface area contributed by atoms with Crippen LogP contribution in [0.25, 0.3) is 0 Å². The zero-order valence-electron chi connectivity index (χ0n) is 28.9. The van der Waals surface area contributed by atoms with E-state index < -0.39 is 69.3 Å². The highest BCUT2D eigenvalue weighted by atomic mass is 32.2. The van der Waals surface area contributed by atoms with Gasteiger partial charge in [0.15, 0.2) is 0 Å². The average Bonchev–Trinajstić information content (AvgIpc) is 2.98. The number of aliphatic hydroxyl groups excluding tert-OH is 1. The summed E-state index contributed by atoms with van der Waals surface area (Å²) in [6.07, 6.45) is -1.44. The third-order valence-electron chi connectivity index (χ3n) is 9.25. The van der Waals surface area contributed by atoms with E-state index in [2.05, 4.69) is 10.1 Å². The van der Waals surface area contributed by atoms with Crippen molar-refractivity contribution in [2.24, 2.45) is 23.7 Å². The lowest BCUT2D eigenvalue weighted by Crippen LogP contribution is -2.55. The standard InChI is InChI=1S/C32H59F2N5O6S/c1-8-11-38(12-9-2)32(43)25-17-23(16-24(18-25)31(42)37(6)7)30(41)35-28(15-22-13-26(33)19-27(34)14-22)29(40)20-39(10-3)36-46(44,45)21(4)5/h21-29,36,40H,8-20H2,1-7H3,(H,35,41). The first-order valence-electron chi connectivity index (χ1n) is 17.0. The van der Waals surface area contributed by atoms with Crippen LogP contribution in [0.15, 0.2) is 0 Å². The van der Waals surface area contributed by atoms with Gasteiger partial charge in [0.05, 0.1) is 17.4 Å². The molecule has 268 valence electrons. The second-order valence-electron chi connectivity index (χ2n) is 13.8. The molecule has 0 aromatic rings. The normalized spacial score (nSPS) is 26.9. The number of halogens is 2. The predicted molar refractivity (Wildman–Crippen MR) is 174 cm³/mol. The molecule has 0 spiro atoms. The fourth-order valence-electron chi connectivity index (χ4n) is 6.75. The Morgan fingerprint density at radius 3 is 1.85 bits per heavy atom. The van der Waals surface area contributed by atoms with Crippen LogP contribution >= 0.6 is 0 Å². The van der Waals surface area contributed by atoms with Gasteiger partial charge in [-0.25, -0.2) is 22.2 Å². The van der Waals surface area contributed by atoms with E-state index in [1.54, 1.807) is 25.9 Å². The Balaban J connectivity index is 2.34. The molecule has 0 heterocycles. The Kier molecular flexibility index (Phi) is 16.3. The number of hydrazine groups is 1. The molecule has 2 fully saturated rings. The number of hydrogen-bond acceptors (Lipinski definition) is 7. The van der Waals surface area contributed by atoms with Gasteiger partial charge in [-0.1, -0.05) is 20.8 Å². The highest BCUT2D eigenvalue weighted by Gasteiger charge is 2.42. The molecule has 0 saturated heterocycles. The first-order chi connectivity index (χ1) is 21.5. The number of carbonyl (C=O) groups is 3. The molecule has 7 atom stereocenters. The summed E-state index contributed by atoms with van der Waals surface area (Å²) in [6, 6.07) is -0.941. The maximum atomic E-state index is 14.3. The van der Waals surface area contributed by atoms with E-state index in [1.807, 2.05) is 13.8 Å². The number of amides is 3. The second kappa shape index (κ2) is 18.6. The van der Waals surface area contributed by atoms with Crippen molar-refractivity contribution in [3.63, 3.8) is 0 Å². The number of nitrogens with zero attached hydrogens (tertiary/aromatic N) is 3. The fraction of sp³-hybridized carbons (Fsp3) is 0.906. The molecule has 2 rings (SSSR count). The van der Waals surface area contributed by atoms with Crippen LogP contribution in [0.5, 0.6) is 0 Å². The molecule has 2 aliphatic carbocycles. The topological polar surface area (TPSA) is 139 Å². The lowest BCUT2D eigenvalue weighted by Gasteiger charge is -2.38. The van der Waals surface area contributed by atoms with E-state index in [0.29, 0.717) is 19.5 Å². The third-order valence-corrected chi connectivity index (χ3v) is 11.0. The summed E-state index contributed by atoms with van der Waals surface area (Å²) in [4.78, 5) is 46.5. The molecule has 2 aliphatic rings. The van der Waals surface area contributed by atoms with Crippen molar-refractivity contribution < 1.29 is 36.7 Å². The third kappa shape index (κ3) is 12.0. The summed E-state index contributed by atoms with van der Waals surface area (Å²) in [5, 5.41) is 14.9. The Bertz CT molecular complexity index is 1080. The highest BCUT2D eigenvalue weighted by molar-refractivity contribution is 7.90. The van der Waals surface area contributed by atoms with E-state index in [-0.39, 0.29) is 63.4 Å². The number of rotatable bonds is 17. The van der Waals surface area contributed by atoms with E-state index in [4.69, 9.17) is 0 Å². The molecule has 14 heteroatoms. The molecule has 11 nitrogen and oxygen atoms in total. The van der Waals surface area contributed by atoms with E-state index in [9.17, 15) is 36.7 Å². The van der Waals surface area contributed by atoms with Gasteiger partial charge in [0, 0.05) is 64.4 Å². The van der Waals surface area contributed by atoms with Gasteiger partial charge < -0.3 is 20.2 Å². The van der Waals surface area contributed by atoms with Gasteiger partial charge >= 0.3 is 0 Å². The minimum Gasteiger partial charge on any atom is -0.390 e. The summed E-state index contributed by atoms with van der Waals surface area (Å²) >= 11 is 0. The molecular formula is C32H59F2N5O6S. The van der Waals surface area contributed by atoms with Crippen LogP contribution in [0.2, 0.25) is 0 Å². The van der Waals surface area contributed by atoms with Gasteiger partial charge in [0.1, 0.15) is 12.3 Å². The molecule has 0 aromatic carbocycles. The average molecular weight is 680 g/mol. The van der Waals surface area contributed by atoms with E-state index in [1.165, 1.54) is 23.8 Å². The smallest absolute Gasteiger partial charge is 0.226 e. The van der Waals surface area contributed by atoms with E-state index in [0.717, 1.165) is 12.8 Å². The molecule has 3 amide bonds. The molecule has 2 saturated carbocycles. The molecule has 0 bridgehead atoms. The van der Waals surface area contributed by atoms with Gasteiger partial charge in [-0.05, 0) is 71.1 Å². The lowest BCUT2D eigenvalue weighted by atomic mass is 9.73. The van der Waals surface area contributed by atoms with Gasteiger partial charge in [-0.2, -0.15) is 0 Å². The van der Waals surface area contributed by atoms with Crippen LogP contribution in [-0.2, 0) is 24.4 Å². The predicted octanol–water partition coefficient (Wildman–Crippen LogP) is 3.03. The number of alkyl halides is 2. The Labute approximate surface area is 275 Å². The second-order valence-corrected chi connectivity index (χ2v) is 16.0. The zero-order chi connectivity index (χ0) is 34.8. The Hall–Kier alpha value is -1.90. The number of aliphatic hydroxyl groups is 1. The van der Waals surface area contributed by atoms with Crippen molar-refractivity contribution in [2.75, 3.05) is 40.3 Å². The maximum Gasteiger partial charge on any atom is 0.226 e. The number of hydrogen-bond donors (Lipinski definition) is 3. The molecule has 3 N–H and O–H groups in total. The summed E-state index contributed by atoms with van der Waals surface area (Å²) in [7, 11) is -0.424. The van der Waals surface area contributed by atoms with Crippen molar-refractivity contribution >= 4 is 27.7 Å². The first-order valence-corrected chi connectivity index (χ1v) is 18.6. The zero-order valence-corrected chi connectivity index (χ0v) is 29.7. The minimum atomic E-state index is -3.71. The van der Waals surface area contributed by atoms with Crippen molar-refractivity contribution in [3.8, 4) is 0 Å². The van der Waals surface area contributed by atoms with Crippen LogP contribution in [0.1, 0.15) is 92.4 Å². The van der Waals surface area contributed by atoms with E-state index >= 15 is 0 Å². The molecule has 7 unspecified atom stereocenters. The first kappa shape index (κ1) is 40.3. The number of nitrogens with one attached hydrogen (secondary N) is 2. The summed E-state index contributed by atoms with van der Waals surface area (Å²) in [5.74, 6) is -2.89. The number of carbonyl (C=O) groups excluding carboxylic acids is 3. The maximum absolute atomic E-state index is 14.3. The summed E-state index contributed by atoms with van der Waals surface area (Å²) < 4.78 is 53.7. The highest BCUT2D eigenvalue weighted by Crippen LogP contribution is 2.37. The molecule has 0 aliphatic heterocycles. The van der Waals surface area contributed by atoms with Crippen molar-refractivity contribution in [1.82, 2.24) is 25.0 Å².